The van der Waals surface area contributed by atoms with E-state index >= 15 is 0 Å². The summed E-state index contributed by atoms with van der Waals surface area (Å²) >= 11 is 5.40. The summed E-state index contributed by atoms with van der Waals surface area (Å²) in [5.74, 6) is 0. The fourth-order valence-electron chi connectivity index (χ4n) is 2.38. The van der Waals surface area contributed by atoms with E-state index in [0.717, 1.165) is 28.3 Å². The molecule has 0 amide bonds. The van der Waals surface area contributed by atoms with Crippen LogP contribution in [0.5, 0.6) is 0 Å². The van der Waals surface area contributed by atoms with Crippen LogP contribution in [0.25, 0.3) is 0 Å². The average Bonchev–Trinajstić information content (AvgIpc) is 2.65. The van der Waals surface area contributed by atoms with Crippen LogP contribution in [0.3, 0.4) is 0 Å². The number of nitrogens with zero attached hydrogens (tertiary/aromatic N) is 2. The summed E-state index contributed by atoms with van der Waals surface area (Å²) < 4.78 is 0. The minimum absolute atomic E-state index is 0.553. The first-order valence-electron chi connectivity index (χ1n) is 8.32. The van der Waals surface area contributed by atoms with Gasteiger partial charge in [-0.3, -0.25) is 0 Å². The van der Waals surface area contributed by atoms with Gasteiger partial charge < -0.3 is 10.6 Å². The van der Waals surface area contributed by atoms with Crippen LogP contribution in [0.15, 0.2) is 83.0 Å². The summed E-state index contributed by atoms with van der Waals surface area (Å²) in [7, 11) is 0. The Hall–Kier alpha value is -3.05. The Morgan fingerprint density at radius 2 is 1.42 bits per heavy atom. The third kappa shape index (κ3) is 4.97. The summed E-state index contributed by atoms with van der Waals surface area (Å²) in [5, 5.41) is 15.4. The highest BCUT2D eigenvalue weighted by molar-refractivity contribution is 7.80. The van der Waals surface area contributed by atoms with Crippen LogP contribution in [0, 0.1) is 13.8 Å². The number of nitrogens with one attached hydrogen (secondary N) is 2. The molecule has 0 aliphatic carbocycles. The van der Waals surface area contributed by atoms with Crippen LogP contribution in [0.4, 0.5) is 22.7 Å². The summed E-state index contributed by atoms with van der Waals surface area (Å²) in [4.78, 5) is 0. The van der Waals surface area contributed by atoms with E-state index in [1.54, 1.807) is 0 Å². The number of anilines is 2. The molecular formula is C21H20N4S. The van der Waals surface area contributed by atoms with Crippen molar-refractivity contribution in [3.63, 3.8) is 0 Å². The van der Waals surface area contributed by atoms with Gasteiger partial charge in [0, 0.05) is 11.4 Å². The van der Waals surface area contributed by atoms with E-state index in [9.17, 15) is 0 Å². The van der Waals surface area contributed by atoms with Gasteiger partial charge in [-0.2, -0.15) is 10.2 Å². The monoisotopic (exact) mass is 360 g/mol. The molecule has 0 heterocycles. The summed E-state index contributed by atoms with van der Waals surface area (Å²) in [6.45, 7) is 4.11. The zero-order chi connectivity index (χ0) is 18.4. The lowest BCUT2D eigenvalue weighted by atomic mass is 10.1. The fraction of sp³-hybridized carbons (Fsp3) is 0.0952. The van der Waals surface area contributed by atoms with Crippen LogP contribution in [0.2, 0.25) is 0 Å². The van der Waals surface area contributed by atoms with Crippen LogP contribution in [-0.4, -0.2) is 5.11 Å². The van der Waals surface area contributed by atoms with Gasteiger partial charge in [-0.05, 0) is 79.7 Å². The number of thiocarbonyl (C=S) groups is 1. The molecule has 3 aromatic carbocycles. The van der Waals surface area contributed by atoms with Gasteiger partial charge in [0.05, 0.1) is 11.4 Å². The van der Waals surface area contributed by atoms with Gasteiger partial charge in [0.25, 0.3) is 0 Å². The number of hydrogen-bond donors (Lipinski definition) is 2. The van der Waals surface area contributed by atoms with Crippen LogP contribution in [0.1, 0.15) is 11.1 Å². The Morgan fingerprint density at radius 3 is 2.12 bits per heavy atom. The predicted molar refractivity (Wildman–Crippen MR) is 113 cm³/mol. The maximum Gasteiger partial charge on any atom is 0.175 e. The molecule has 0 bridgehead atoms. The van der Waals surface area contributed by atoms with Gasteiger partial charge in [-0.15, -0.1) is 0 Å². The van der Waals surface area contributed by atoms with Crippen molar-refractivity contribution in [1.29, 1.82) is 0 Å². The largest absolute Gasteiger partial charge is 0.332 e. The summed E-state index contributed by atoms with van der Waals surface area (Å²) in [6, 6.07) is 23.5. The van der Waals surface area contributed by atoms with Crippen molar-refractivity contribution in [2.24, 2.45) is 10.2 Å². The van der Waals surface area contributed by atoms with Crippen molar-refractivity contribution in [3.05, 3.63) is 83.9 Å². The maximum absolute atomic E-state index is 5.40. The zero-order valence-corrected chi connectivity index (χ0v) is 15.5. The molecule has 2 N–H and O–H groups in total. The number of rotatable bonds is 4. The van der Waals surface area contributed by atoms with Gasteiger partial charge in [0.2, 0.25) is 0 Å². The first-order valence-corrected chi connectivity index (χ1v) is 8.73. The van der Waals surface area contributed by atoms with Crippen LogP contribution in [-0.2, 0) is 0 Å². The Morgan fingerprint density at radius 1 is 0.769 bits per heavy atom. The highest BCUT2D eigenvalue weighted by Crippen LogP contribution is 2.21. The molecular weight excluding hydrogens is 340 g/mol. The van der Waals surface area contributed by atoms with E-state index in [2.05, 4.69) is 52.9 Å². The second kappa shape index (κ2) is 8.36. The molecule has 0 aromatic heterocycles. The van der Waals surface area contributed by atoms with Crippen molar-refractivity contribution in [2.45, 2.75) is 13.8 Å². The molecule has 4 nitrogen and oxygen atoms in total. The second-order valence-corrected chi connectivity index (χ2v) is 6.39. The Labute approximate surface area is 159 Å². The first-order chi connectivity index (χ1) is 12.6. The molecule has 3 rings (SSSR count). The molecule has 0 saturated carbocycles. The highest BCUT2D eigenvalue weighted by atomic mass is 32.1. The van der Waals surface area contributed by atoms with Crippen molar-refractivity contribution >= 4 is 40.1 Å². The Kier molecular flexibility index (Phi) is 5.71. The first kappa shape index (κ1) is 17.8. The zero-order valence-electron chi connectivity index (χ0n) is 14.7. The van der Waals surface area contributed by atoms with Gasteiger partial charge >= 0.3 is 0 Å². The lowest BCUT2D eigenvalue weighted by molar-refractivity contribution is 1.23. The molecule has 3 aromatic rings. The van der Waals surface area contributed by atoms with Crippen LogP contribution < -0.4 is 10.6 Å². The van der Waals surface area contributed by atoms with Gasteiger partial charge in [-0.1, -0.05) is 30.3 Å². The van der Waals surface area contributed by atoms with Crippen molar-refractivity contribution < 1.29 is 0 Å². The number of hydrogen-bond acceptors (Lipinski definition) is 3. The third-order valence-electron chi connectivity index (χ3n) is 3.80. The molecule has 130 valence electrons. The van der Waals surface area contributed by atoms with Gasteiger partial charge in [-0.25, -0.2) is 0 Å². The predicted octanol–water partition coefficient (Wildman–Crippen LogP) is 6.53. The number of benzene rings is 3. The van der Waals surface area contributed by atoms with E-state index < -0.39 is 0 Å². The standard InChI is InChI=1S/C21H20N4S/c1-15-8-9-16(2)20(14-15)23-21(26)22-17-10-12-19(13-11-17)25-24-18-6-4-3-5-7-18/h3-14H,1-2H3,(H2,22,23,26). The molecule has 0 aliphatic rings. The van der Waals surface area contributed by atoms with Crippen molar-refractivity contribution in [2.75, 3.05) is 10.6 Å². The fourth-order valence-corrected chi connectivity index (χ4v) is 2.60. The molecule has 0 fully saturated rings. The molecule has 26 heavy (non-hydrogen) atoms. The lowest BCUT2D eigenvalue weighted by Crippen LogP contribution is -2.19. The summed E-state index contributed by atoms with van der Waals surface area (Å²) in [6.07, 6.45) is 0. The van der Waals surface area contributed by atoms with E-state index in [1.165, 1.54) is 5.56 Å². The maximum atomic E-state index is 5.40. The Bertz CT molecular complexity index is 919. The normalized spacial score (nSPS) is 10.7. The smallest absolute Gasteiger partial charge is 0.175 e. The molecule has 0 radical (unpaired) electrons. The number of azo groups is 1. The minimum atomic E-state index is 0.553. The second-order valence-electron chi connectivity index (χ2n) is 5.98. The SMILES string of the molecule is Cc1ccc(C)c(NC(=S)Nc2ccc(N=Nc3ccccc3)cc2)c1. The third-order valence-corrected chi connectivity index (χ3v) is 4.01. The quantitative estimate of drug-likeness (QED) is 0.411. The molecule has 0 aliphatic heterocycles. The molecule has 0 unspecified atom stereocenters. The average molecular weight is 360 g/mol. The van der Waals surface area contributed by atoms with E-state index in [0.29, 0.717) is 5.11 Å². The Balaban J connectivity index is 1.61. The van der Waals surface area contributed by atoms with Crippen molar-refractivity contribution in [3.8, 4) is 0 Å². The molecule has 0 spiro atoms. The van der Waals surface area contributed by atoms with E-state index in [4.69, 9.17) is 12.2 Å². The molecule has 0 atom stereocenters. The topological polar surface area (TPSA) is 48.8 Å². The van der Waals surface area contributed by atoms with Gasteiger partial charge in [0.15, 0.2) is 5.11 Å². The summed E-state index contributed by atoms with van der Waals surface area (Å²) in [5.41, 5.74) is 5.86. The molecule has 5 heteroatoms. The van der Waals surface area contributed by atoms with E-state index in [1.807, 2.05) is 54.6 Å². The number of aryl methyl sites for hydroxylation is 2. The van der Waals surface area contributed by atoms with Gasteiger partial charge in [0.1, 0.15) is 0 Å². The highest BCUT2D eigenvalue weighted by Gasteiger charge is 2.02. The molecule has 0 saturated heterocycles. The van der Waals surface area contributed by atoms with Crippen LogP contribution >= 0.6 is 12.2 Å². The minimum Gasteiger partial charge on any atom is -0.332 e. The lowest BCUT2D eigenvalue weighted by Gasteiger charge is -2.13. The van der Waals surface area contributed by atoms with E-state index in [-0.39, 0.29) is 0 Å². The van der Waals surface area contributed by atoms with Crippen molar-refractivity contribution in [1.82, 2.24) is 0 Å².